The molecule has 4 rings (SSSR count). The van der Waals surface area contributed by atoms with Crippen molar-refractivity contribution in [3.05, 3.63) is 52.7 Å². The standard InChI is InChI=1S/C24H28N2O5/c1-25-10-12-26(13-11-25)9-6-14-30-21-16-20-22(23(28)24(21)29-2)18(27)15-19(31-20)17-7-4-3-5-8-17/h3-5,7-8,15-16,28H,6,9-14H2,1-2H3. The summed E-state index contributed by atoms with van der Waals surface area (Å²) in [5, 5.41) is 10.8. The zero-order valence-electron chi connectivity index (χ0n) is 18.0. The number of fused-ring (bicyclic) bond motifs is 1. The van der Waals surface area contributed by atoms with Crippen molar-refractivity contribution in [2.45, 2.75) is 6.42 Å². The van der Waals surface area contributed by atoms with Gasteiger partial charge in [0.05, 0.1) is 13.7 Å². The molecule has 2 aromatic carbocycles. The third-order valence-electron chi connectivity index (χ3n) is 5.65. The van der Waals surface area contributed by atoms with E-state index in [-0.39, 0.29) is 27.9 Å². The number of rotatable bonds is 7. The van der Waals surface area contributed by atoms with Crippen LogP contribution in [0.15, 0.2) is 51.7 Å². The van der Waals surface area contributed by atoms with Crippen molar-refractivity contribution in [2.75, 3.05) is 53.5 Å². The maximum absolute atomic E-state index is 12.7. The van der Waals surface area contributed by atoms with E-state index in [1.165, 1.54) is 13.2 Å². The van der Waals surface area contributed by atoms with Gasteiger partial charge in [0, 0.05) is 50.4 Å². The van der Waals surface area contributed by atoms with Crippen LogP contribution in [0.5, 0.6) is 17.2 Å². The quantitative estimate of drug-likeness (QED) is 0.584. The van der Waals surface area contributed by atoms with Crippen LogP contribution in [0.2, 0.25) is 0 Å². The highest BCUT2D eigenvalue weighted by Gasteiger charge is 2.20. The van der Waals surface area contributed by atoms with E-state index in [0.717, 1.165) is 44.7 Å². The fourth-order valence-electron chi connectivity index (χ4n) is 3.85. The predicted octanol–water partition coefficient (Wildman–Crippen LogP) is 3.19. The summed E-state index contributed by atoms with van der Waals surface area (Å²) in [6.45, 7) is 5.69. The van der Waals surface area contributed by atoms with Crippen molar-refractivity contribution in [1.82, 2.24) is 9.80 Å². The highest BCUT2D eigenvalue weighted by Crippen LogP contribution is 2.42. The number of phenols is 1. The molecule has 0 aliphatic carbocycles. The topological polar surface area (TPSA) is 75.4 Å². The smallest absolute Gasteiger partial charge is 0.204 e. The van der Waals surface area contributed by atoms with Crippen LogP contribution >= 0.6 is 0 Å². The Hall–Kier alpha value is -3.03. The zero-order valence-corrected chi connectivity index (χ0v) is 18.0. The highest BCUT2D eigenvalue weighted by atomic mass is 16.5. The summed E-state index contributed by atoms with van der Waals surface area (Å²) in [6.07, 6.45) is 0.847. The van der Waals surface area contributed by atoms with Gasteiger partial charge in [0.1, 0.15) is 16.7 Å². The third-order valence-corrected chi connectivity index (χ3v) is 5.65. The number of likely N-dealkylation sites (N-methyl/N-ethyl adjacent to an activating group) is 1. The summed E-state index contributed by atoms with van der Waals surface area (Å²) in [4.78, 5) is 17.5. The Morgan fingerprint density at radius 1 is 1.10 bits per heavy atom. The third kappa shape index (κ3) is 4.68. The Kier molecular flexibility index (Phi) is 6.44. The average Bonchev–Trinajstić information content (AvgIpc) is 2.78. The van der Waals surface area contributed by atoms with Crippen LogP contribution in [0.1, 0.15) is 6.42 Å². The second-order valence-corrected chi connectivity index (χ2v) is 7.82. The van der Waals surface area contributed by atoms with Crippen molar-refractivity contribution in [2.24, 2.45) is 0 Å². The molecule has 164 valence electrons. The number of benzene rings is 2. The maximum Gasteiger partial charge on any atom is 0.204 e. The summed E-state index contributed by atoms with van der Waals surface area (Å²) in [5.41, 5.74) is 0.711. The van der Waals surface area contributed by atoms with E-state index in [1.54, 1.807) is 6.07 Å². The van der Waals surface area contributed by atoms with Gasteiger partial charge in [-0.25, -0.2) is 0 Å². The van der Waals surface area contributed by atoms with Gasteiger partial charge in [-0.05, 0) is 13.5 Å². The molecule has 3 aromatic rings. The Balaban J connectivity index is 1.55. The SMILES string of the molecule is COc1c(OCCCN2CCN(C)CC2)cc2oc(-c3ccccc3)cc(=O)c2c1O. The lowest BCUT2D eigenvalue weighted by molar-refractivity contribution is 0.145. The minimum Gasteiger partial charge on any atom is -0.504 e. The van der Waals surface area contributed by atoms with E-state index in [0.29, 0.717) is 18.1 Å². The molecule has 0 amide bonds. The van der Waals surface area contributed by atoms with Gasteiger partial charge in [-0.3, -0.25) is 4.79 Å². The first-order chi connectivity index (χ1) is 15.1. The van der Waals surface area contributed by atoms with Crippen LogP contribution in [0.3, 0.4) is 0 Å². The minimum absolute atomic E-state index is 0.0846. The Labute approximate surface area is 181 Å². The molecule has 0 bridgehead atoms. The Morgan fingerprint density at radius 2 is 1.84 bits per heavy atom. The lowest BCUT2D eigenvalue weighted by Crippen LogP contribution is -2.44. The van der Waals surface area contributed by atoms with Gasteiger partial charge in [-0.2, -0.15) is 0 Å². The second-order valence-electron chi connectivity index (χ2n) is 7.82. The molecule has 1 N–H and O–H groups in total. The van der Waals surface area contributed by atoms with Crippen molar-refractivity contribution < 1.29 is 19.0 Å². The molecule has 1 aromatic heterocycles. The number of hydrogen-bond donors (Lipinski definition) is 1. The van der Waals surface area contributed by atoms with Gasteiger partial charge in [-0.15, -0.1) is 0 Å². The summed E-state index contributed by atoms with van der Waals surface area (Å²) < 4.78 is 17.2. The number of phenolic OH excluding ortho intramolecular Hbond substituents is 1. The molecule has 7 heteroatoms. The van der Waals surface area contributed by atoms with Crippen LogP contribution in [-0.4, -0.2) is 68.4 Å². The first-order valence-electron chi connectivity index (χ1n) is 10.5. The van der Waals surface area contributed by atoms with E-state index in [2.05, 4.69) is 16.8 Å². The maximum atomic E-state index is 12.7. The van der Waals surface area contributed by atoms with Gasteiger partial charge < -0.3 is 28.8 Å². The van der Waals surface area contributed by atoms with Crippen molar-refractivity contribution in [1.29, 1.82) is 0 Å². The molecule has 0 atom stereocenters. The molecule has 1 aliphatic rings. The van der Waals surface area contributed by atoms with Gasteiger partial charge in [0.2, 0.25) is 5.75 Å². The molecule has 0 unspecified atom stereocenters. The molecule has 0 saturated carbocycles. The van der Waals surface area contributed by atoms with Gasteiger partial charge in [0.15, 0.2) is 16.9 Å². The molecular formula is C24H28N2O5. The van der Waals surface area contributed by atoms with Crippen LogP contribution < -0.4 is 14.9 Å². The normalized spacial score (nSPS) is 15.3. The summed E-state index contributed by atoms with van der Waals surface area (Å²) in [5.74, 6) is 0.678. The Bertz CT molecular complexity index is 1090. The summed E-state index contributed by atoms with van der Waals surface area (Å²) in [7, 11) is 3.58. The monoisotopic (exact) mass is 424 g/mol. The number of aromatic hydroxyl groups is 1. The van der Waals surface area contributed by atoms with E-state index in [4.69, 9.17) is 13.9 Å². The summed E-state index contributed by atoms with van der Waals surface area (Å²) >= 11 is 0. The average molecular weight is 424 g/mol. The fraction of sp³-hybridized carbons (Fsp3) is 0.375. The van der Waals surface area contributed by atoms with E-state index >= 15 is 0 Å². The molecule has 0 spiro atoms. The van der Waals surface area contributed by atoms with Crippen molar-refractivity contribution >= 4 is 11.0 Å². The number of ether oxygens (including phenoxy) is 2. The summed E-state index contributed by atoms with van der Waals surface area (Å²) in [6, 6.07) is 12.4. The lowest BCUT2D eigenvalue weighted by atomic mass is 10.1. The van der Waals surface area contributed by atoms with Crippen LogP contribution in [0.25, 0.3) is 22.3 Å². The highest BCUT2D eigenvalue weighted by molar-refractivity contribution is 5.89. The first kappa shape index (κ1) is 21.2. The van der Waals surface area contributed by atoms with Crippen LogP contribution in [0, 0.1) is 0 Å². The molecule has 1 aliphatic heterocycles. The van der Waals surface area contributed by atoms with Gasteiger partial charge >= 0.3 is 0 Å². The first-order valence-corrected chi connectivity index (χ1v) is 10.5. The van der Waals surface area contributed by atoms with Gasteiger partial charge in [0.25, 0.3) is 0 Å². The largest absolute Gasteiger partial charge is 0.504 e. The van der Waals surface area contributed by atoms with Gasteiger partial charge in [-0.1, -0.05) is 30.3 Å². The number of methoxy groups -OCH3 is 1. The van der Waals surface area contributed by atoms with Crippen LogP contribution in [0.4, 0.5) is 0 Å². The van der Waals surface area contributed by atoms with Crippen molar-refractivity contribution in [3.63, 3.8) is 0 Å². The second kappa shape index (κ2) is 9.41. The van der Waals surface area contributed by atoms with Crippen molar-refractivity contribution in [3.8, 4) is 28.6 Å². The molecular weight excluding hydrogens is 396 g/mol. The van der Waals surface area contributed by atoms with E-state index in [1.807, 2.05) is 30.3 Å². The Morgan fingerprint density at radius 3 is 2.55 bits per heavy atom. The number of nitrogens with zero attached hydrogens (tertiary/aromatic N) is 2. The fourth-order valence-corrected chi connectivity index (χ4v) is 3.85. The van der Waals surface area contributed by atoms with E-state index in [9.17, 15) is 9.90 Å². The minimum atomic E-state index is -0.336. The molecule has 31 heavy (non-hydrogen) atoms. The molecule has 7 nitrogen and oxygen atoms in total. The molecule has 2 heterocycles. The molecule has 1 saturated heterocycles. The number of hydrogen-bond acceptors (Lipinski definition) is 7. The lowest BCUT2D eigenvalue weighted by Gasteiger charge is -2.32. The zero-order chi connectivity index (χ0) is 21.8. The molecule has 1 fully saturated rings. The van der Waals surface area contributed by atoms with E-state index < -0.39 is 0 Å². The molecule has 0 radical (unpaired) electrons. The van der Waals surface area contributed by atoms with Crippen LogP contribution in [-0.2, 0) is 0 Å². The number of piperazine rings is 1. The predicted molar refractivity (Wildman–Crippen MR) is 120 cm³/mol.